The van der Waals surface area contributed by atoms with Gasteiger partial charge in [0.05, 0.1) is 13.2 Å². The summed E-state index contributed by atoms with van der Waals surface area (Å²) in [5.74, 6) is 0. The first-order valence-corrected chi connectivity index (χ1v) is 4.71. The second-order valence-corrected chi connectivity index (χ2v) is 3.28. The van der Waals surface area contributed by atoms with E-state index in [1.807, 2.05) is 12.1 Å². The summed E-state index contributed by atoms with van der Waals surface area (Å²) in [6.45, 7) is 4.83. The van der Waals surface area contributed by atoms with Crippen LogP contribution in [0.5, 0.6) is 0 Å². The fraction of sp³-hybridized carbons (Fsp3) is 0.455. The summed E-state index contributed by atoms with van der Waals surface area (Å²) < 4.78 is 5.29. The fourth-order valence-electron chi connectivity index (χ4n) is 1.53. The van der Waals surface area contributed by atoms with Crippen LogP contribution in [0.15, 0.2) is 24.3 Å². The summed E-state index contributed by atoms with van der Waals surface area (Å²) in [4.78, 5) is 2.40. The maximum Gasteiger partial charge on any atom is 0.0594 e. The van der Waals surface area contributed by atoms with Crippen molar-refractivity contribution >= 4 is 17.0 Å². The van der Waals surface area contributed by atoms with E-state index in [1.165, 1.54) is 5.56 Å². The topological polar surface area (TPSA) is 12.5 Å². The smallest absolute Gasteiger partial charge is 0.0594 e. The van der Waals surface area contributed by atoms with Crippen LogP contribution in [0.4, 0.5) is 0 Å². The van der Waals surface area contributed by atoms with Gasteiger partial charge in [0, 0.05) is 39.1 Å². The maximum atomic E-state index is 5.29. The molecule has 1 aliphatic rings. The predicted octanol–water partition coefficient (Wildman–Crippen LogP) is 1.89. The van der Waals surface area contributed by atoms with Crippen LogP contribution in [0.2, 0.25) is 0 Å². The number of nitrogens with zero attached hydrogens (tertiary/aromatic N) is 1. The average Bonchev–Trinajstić information content (AvgIpc) is 2.21. The Labute approximate surface area is 115 Å². The van der Waals surface area contributed by atoms with Crippen LogP contribution in [0, 0.1) is 6.07 Å². The van der Waals surface area contributed by atoms with E-state index in [0.29, 0.717) is 0 Å². The Bertz CT molecular complexity index is 252. The summed E-state index contributed by atoms with van der Waals surface area (Å²) in [7, 11) is 0. The summed E-state index contributed by atoms with van der Waals surface area (Å²) in [6, 6.07) is 11.4. The molecule has 0 saturated carbocycles. The minimum absolute atomic E-state index is 0. The summed E-state index contributed by atoms with van der Waals surface area (Å²) in [5, 5.41) is 0. The zero-order valence-electron chi connectivity index (χ0n) is 8.82. The van der Waals surface area contributed by atoms with Crippen molar-refractivity contribution < 1.29 is 24.2 Å². The number of morpholine rings is 1. The van der Waals surface area contributed by atoms with E-state index < -0.39 is 0 Å². The van der Waals surface area contributed by atoms with Crippen molar-refractivity contribution in [3.63, 3.8) is 0 Å². The minimum Gasteiger partial charge on any atom is -0.379 e. The molecule has 1 aromatic carbocycles. The number of hydrogen-bond acceptors (Lipinski definition) is 2. The Morgan fingerprint density at radius 1 is 1.27 bits per heavy atom. The Balaban J connectivity index is 0.000000980. The molecule has 1 saturated heterocycles. The van der Waals surface area contributed by atoms with E-state index in [-0.39, 0.29) is 36.5 Å². The van der Waals surface area contributed by atoms with E-state index >= 15 is 0 Å². The van der Waals surface area contributed by atoms with Crippen molar-refractivity contribution in [3.8, 4) is 0 Å². The van der Waals surface area contributed by atoms with E-state index in [1.54, 1.807) is 0 Å². The van der Waals surface area contributed by atoms with Crippen LogP contribution in [0.1, 0.15) is 5.56 Å². The van der Waals surface area contributed by atoms with E-state index in [2.05, 4.69) is 23.1 Å². The molecule has 2 rings (SSSR count). The molecule has 15 heavy (non-hydrogen) atoms. The van der Waals surface area contributed by atoms with E-state index in [4.69, 9.17) is 4.74 Å². The fourth-order valence-corrected chi connectivity index (χ4v) is 1.53. The number of ether oxygens (including phenoxy) is 1. The number of hydrogen-bond donors (Lipinski definition) is 0. The largest absolute Gasteiger partial charge is 0.379 e. The zero-order chi connectivity index (χ0) is 8.93. The molecule has 1 heterocycles. The molecule has 0 amide bonds. The van der Waals surface area contributed by atoms with Gasteiger partial charge in [-0.05, 0) is 0 Å². The molecule has 0 spiro atoms. The number of rotatable bonds is 2. The van der Waals surface area contributed by atoms with Crippen LogP contribution in [-0.4, -0.2) is 31.2 Å². The normalized spacial score (nSPS) is 16.3. The quantitative estimate of drug-likeness (QED) is 0.609. The van der Waals surface area contributed by atoms with Crippen molar-refractivity contribution in [2.75, 3.05) is 26.3 Å². The van der Waals surface area contributed by atoms with Crippen LogP contribution in [0.25, 0.3) is 0 Å². The summed E-state index contributed by atoms with van der Waals surface area (Å²) >= 11 is 0. The van der Waals surface area contributed by atoms with Crippen molar-refractivity contribution in [2.45, 2.75) is 6.54 Å². The first-order valence-electron chi connectivity index (χ1n) is 4.71. The summed E-state index contributed by atoms with van der Waals surface area (Å²) in [6.07, 6.45) is 0. The van der Waals surface area contributed by atoms with Crippen LogP contribution in [0.3, 0.4) is 0 Å². The van der Waals surface area contributed by atoms with Gasteiger partial charge in [-0.2, -0.15) is 30.3 Å². The molecule has 0 aromatic heterocycles. The van der Waals surface area contributed by atoms with Crippen molar-refractivity contribution in [1.82, 2.24) is 4.90 Å². The Hall–Kier alpha value is 0.243. The van der Waals surface area contributed by atoms with Gasteiger partial charge in [-0.3, -0.25) is 4.90 Å². The third-order valence-electron chi connectivity index (χ3n) is 2.27. The minimum atomic E-state index is 0. The van der Waals surface area contributed by atoms with Gasteiger partial charge >= 0.3 is 0 Å². The van der Waals surface area contributed by atoms with Gasteiger partial charge in [0.2, 0.25) is 0 Å². The second-order valence-electron chi connectivity index (χ2n) is 3.28. The molecule has 2 nitrogen and oxygen atoms in total. The molecule has 0 bridgehead atoms. The molecule has 0 aliphatic carbocycles. The monoisotopic (exact) mass is 320 g/mol. The molecular weight excluding hydrogens is 307 g/mol. The van der Waals surface area contributed by atoms with Crippen LogP contribution in [-0.2, 0) is 30.8 Å². The van der Waals surface area contributed by atoms with Crippen molar-refractivity contribution in [2.24, 2.45) is 0 Å². The molecular formula is C11H15BrNOZn-. The van der Waals surface area contributed by atoms with Gasteiger partial charge in [-0.1, -0.05) is 0 Å². The Kier molecular flexibility index (Phi) is 8.54. The van der Waals surface area contributed by atoms with Crippen molar-refractivity contribution in [1.29, 1.82) is 0 Å². The summed E-state index contributed by atoms with van der Waals surface area (Å²) in [5.41, 5.74) is 1.27. The van der Waals surface area contributed by atoms with E-state index in [0.717, 1.165) is 32.8 Å². The van der Waals surface area contributed by atoms with Gasteiger partial charge in [0.15, 0.2) is 0 Å². The first-order chi connectivity index (χ1) is 6.45. The Morgan fingerprint density at radius 2 is 2.00 bits per heavy atom. The third kappa shape index (κ3) is 5.21. The molecule has 0 unspecified atom stereocenters. The van der Waals surface area contributed by atoms with Crippen LogP contribution >= 0.6 is 17.0 Å². The molecule has 1 fully saturated rings. The first kappa shape index (κ1) is 15.2. The molecule has 1 aromatic rings. The van der Waals surface area contributed by atoms with Gasteiger partial charge in [0.25, 0.3) is 0 Å². The zero-order valence-corrected chi connectivity index (χ0v) is 13.5. The third-order valence-corrected chi connectivity index (χ3v) is 2.27. The molecule has 1 aliphatic heterocycles. The number of halogens is 1. The SMILES string of the molecule is Br.[Zn].[c-]1ccccc1CN1CCOCC1. The second kappa shape index (κ2) is 8.40. The van der Waals surface area contributed by atoms with Gasteiger partial charge in [-0.25, -0.2) is 0 Å². The standard InChI is InChI=1S/C11H14NO.BrH.Zn/c1-2-4-11(5-3-1)10-12-6-8-13-9-7-12;;/h1-4H,6-10H2;1H;/q-1;;. The number of benzene rings is 1. The van der Waals surface area contributed by atoms with Gasteiger partial charge in [-0.15, -0.1) is 22.5 Å². The average molecular weight is 323 g/mol. The molecule has 0 N–H and O–H groups in total. The molecule has 4 heteroatoms. The van der Waals surface area contributed by atoms with Gasteiger partial charge in [0.1, 0.15) is 0 Å². The van der Waals surface area contributed by atoms with Crippen molar-refractivity contribution in [3.05, 3.63) is 35.9 Å². The molecule has 0 atom stereocenters. The maximum absolute atomic E-state index is 5.29. The van der Waals surface area contributed by atoms with Crippen LogP contribution < -0.4 is 0 Å². The Morgan fingerprint density at radius 3 is 2.60 bits per heavy atom. The molecule has 0 radical (unpaired) electrons. The predicted molar refractivity (Wildman–Crippen MR) is 61.7 cm³/mol. The molecule has 80 valence electrons. The van der Waals surface area contributed by atoms with E-state index in [9.17, 15) is 0 Å². The van der Waals surface area contributed by atoms with Gasteiger partial charge < -0.3 is 4.74 Å².